The highest BCUT2D eigenvalue weighted by Gasteiger charge is 2.21. The number of carbonyl (C=O) groups is 2. The molecule has 5 nitrogen and oxygen atoms in total. The number of amides is 2. The molecule has 0 aromatic heterocycles. The second kappa shape index (κ2) is 9.16. The number of halogens is 1. The molecule has 0 bridgehead atoms. The van der Waals surface area contributed by atoms with Crippen LogP contribution in [-0.2, 0) is 9.59 Å². The van der Waals surface area contributed by atoms with Gasteiger partial charge in [-0.15, -0.1) is 0 Å². The summed E-state index contributed by atoms with van der Waals surface area (Å²) in [7, 11) is 0. The molecule has 2 rings (SSSR count). The van der Waals surface area contributed by atoms with Gasteiger partial charge < -0.3 is 15.0 Å². The van der Waals surface area contributed by atoms with Gasteiger partial charge >= 0.3 is 0 Å². The zero-order valence-electron chi connectivity index (χ0n) is 16.1. The topological polar surface area (TPSA) is 58.6 Å². The Morgan fingerprint density at radius 1 is 1.11 bits per heavy atom. The molecule has 2 amide bonds. The van der Waals surface area contributed by atoms with Crippen LogP contribution in [0.25, 0.3) is 0 Å². The fourth-order valence-electron chi connectivity index (χ4n) is 2.63. The largest absolute Gasteiger partial charge is 0.483 e. The normalized spacial score (nSPS) is 10.6. The first-order chi connectivity index (χ1) is 12.8. The van der Waals surface area contributed by atoms with E-state index in [1.807, 2.05) is 45.9 Å². The van der Waals surface area contributed by atoms with Crippen molar-refractivity contribution in [2.75, 3.05) is 18.5 Å². The molecule has 0 saturated carbocycles. The molecular formula is C21H25FN2O3. The summed E-state index contributed by atoms with van der Waals surface area (Å²) in [5, 5.41) is 2.66. The zero-order valence-corrected chi connectivity index (χ0v) is 16.1. The van der Waals surface area contributed by atoms with Crippen LogP contribution in [0.1, 0.15) is 25.0 Å². The Bertz CT molecular complexity index is 804. The highest BCUT2D eigenvalue weighted by Crippen LogP contribution is 2.19. The molecule has 2 aromatic rings. The standard InChI is InChI=1S/C21H25FN2O3/c1-14(2)24(12-20(25)23-18-8-6-17(22)7-9-18)21(26)13-27-19-10-5-15(3)11-16(19)4/h5-11,14H,12-13H2,1-4H3,(H,23,25). The molecule has 144 valence electrons. The van der Waals surface area contributed by atoms with E-state index in [4.69, 9.17) is 4.74 Å². The minimum absolute atomic E-state index is 0.107. The van der Waals surface area contributed by atoms with Gasteiger partial charge in [0.1, 0.15) is 18.1 Å². The molecule has 0 aliphatic rings. The Labute approximate surface area is 159 Å². The number of benzene rings is 2. The molecule has 0 aliphatic carbocycles. The van der Waals surface area contributed by atoms with Crippen molar-refractivity contribution in [2.24, 2.45) is 0 Å². The van der Waals surface area contributed by atoms with E-state index in [1.54, 1.807) is 0 Å². The van der Waals surface area contributed by atoms with Crippen molar-refractivity contribution in [2.45, 2.75) is 33.7 Å². The Kier molecular flexibility index (Phi) is 6.93. The second-order valence-corrected chi connectivity index (χ2v) is 6.73. The Balaban J connectivity index is 1.95. The fourth-order valence-corrected chi connectivity index (χ4v) is 2.63. The summed E-state index contributed by atoms with van der Waals surface area (Å²) < 4.78 is 18.6. The lowest BCUT2D eigenvalue weighted by Crippen LogP contribution is -2.44. The van der Waals surface area contributed by atoms with Crippen molar-refractivity contribution in [1.82, 2.24) is 4.90 Å². The quantitative estimate of drug-likeness (QED) is 0.806. The summed E-state index contributed by atoms with van der Waals surface area (Å²) in [6.45, 7) is 7.32. The van der Waals surface area contributed by atoms with Gasteiger partial charge in [-0.05, 0) is 63.6 Å². The summed E-state index contributed by atoms with van der Waals surface area (Å²) >= 11 is 0. The number of hydrogen-bond donors (Lipinski definition) is 1. The highest BCUT2D eigenvalue weighted by molar-refractivity contribution is 5.94. The van der Waals surface area contributed by atoms with Crippen molar-refractivity contribution in [1.29, 1.82) is 0 Å². The molecule has 0 radical (unpaired) electrons. The molecule has 0 saturated heterocycles. The van der Waals surface area contributed by atoms with E-state index in [2.05, 4.69) is 5.32 Å². The van der Waals surface area contributed by atoms with Crippen LogP contribution in [0, 0.1) is 19.7 Å². The lowest BCUT2D eigenvalue weighted by atomic mass is 10.1. The molecule has 0 heterocycles. The second-order valence-electron chi connectivity index (χ2n) is 6.73. The third kappa shape index (κ3) is 6.09. The van der Waals surface area contributed by atoms with Crippen molar-refractivity contribution in [3.63, 3.8) is 0 Å². The van der Waals surface area contributed by atoms with Crippen LogP contribution in [-0.4, -0.2) is 35.9 Å². The Morgan fingerprint density at radius 3 is 2.37 bits per heavy atom. The van der Waals surface area contributed by atoms with E-state index in [9.17, 15) is 14.0 Å². The molecule has 0 unspecified atom stereocenters. The first-order valence-corrected chi connectivity index (χ1v) is 8.81. The lowest BCUT2D eigenvalue weighted by molar-refractivity contribution is -0.138. The zero-order chi connectivity index (χ0) is 20.0. The molecular weight excluding hydrogens is 347 g/mol. The van der Waals surface area contributed by atoms with Gasteiger partial charge in [0, 0.05) is 11.7 Å². The van der Waals surface area contributed by atoms with Gasteiger partial charge in [0.15, 0.2) is 6.61 Å². The third-order valence-electron chi connectivity index (χ3n) is 4.07. The number of nitrogens with zero attached hydrogens (tertiary/aromatic N) is 1. The third-order valence-corrected chi connectivity index (χ3v) is 4.07. The maximum Gasteiger partial charge on any atom is 0.261 e. The number of ether oxygens (including phenoxy) is 1. The first kappa shape index (κ1) is 20.4. The van der Waals surface area contributed by atoms with E-state index in [0.717, 1.165) is 11.1 Å². The molecule has 0 atom stereocenters. The molecule has 27 heavy (non-hydrogen) atoms. The van der Waals surface area contributed by atoms with Crippen molar-refractivity contribution >= 4 is 17.5 Å². The van der Waals surface area contributed by atoms with E-state index >= 15 is 0 Å². The number of nitrogens with one attached hydrogen (secondary N) is 1. The Hall–Kier alpha value is -2.89. The lowest BCUT2D eigenvalue weighted by Gasteiger charge is -2.26. The minimum Gasteiger partial charge on any atom is -0.483 e. The van der Waals surface area contributed by atoms with Crippen LogP contribution >= 0.6 is 0 Å². The smallest absolute Gasteiger partial charge is 0.261 e. The van der Waals surface area contributed by atoms with Gasteiger partial charge in [-0.3, -0.25) is 9.59 Å². The summed E-state index contributed by atoms with van der Waals surface area (Å²) in [6, 6.07) is 11.0. The predicted molar refractivity (Wildman–Crippen MR) is 103 cm³/mol. The molecule has 0 spiro atoms. The van der Waals surface area contributed by atoms with Gasteiger partial charge in [0.2, 0.25) is 5.91 Å². The average Bonchev–Trinajstić information content (AvgIpc) is 2.60. The van der Waals surface area contributed by atoms with Gasteiger partial charge in [0.05, 0.1) is 0 Å². The Morgan fingerprint density at radius 2 is 1.78 bits per heavy atom. The summed E-state index contributed by atoms with van der Waals surface area (Å²) in [5.74, 6) is -0.363. The number of rotatable bonds is 7. The van der Waals surface area contributed by atoms with Crippen molar-refractivity contribution < 1.29 is 18.7 Å². The van der Waals surface area contributed by atoms with Gasteiger partial charge in [-0.1, -0.05) is 17.7 Å². The van der Waals surface area contributed by atoms with Crippen LogP contribution in [0.5, 0.6) is 5.75 Å². The van der Waals surface area contributed by atoms with Gasteiger partial charge in [-0.25, -0.2) is 4.39 Å². The SMILES string of the molecule is Cc1ccc(OCC(=O)N(CC(=O)Nc2ccc(F)cc2)C(C)C)c(C)c1. The van der Waals surface area contributed by atoms with E-state index < -0.39 is 0 Å². The fraction of sp³-hybridized carbons (Fsp3) is 0.333. The van der Waals surface area contributed by atoms with Gasteiger partial charge in [-0.2, -0.15) is 0 Å². The number of aryl methyl sites for hydroxylation is 2. The molecule has 1 N–H and O–H groups in total. The molecule has 6 heteroatoms. The highest BCUT2D eigenvalue weighted by atomic mass is 19.1. The van der Waals surface area contributed by atoms with Crippen LogP contribution in [0.2, 0.25) is 0 Å². The average molecular weight is 372 g/mol. The van der Waals surface area contributed by atoms with Crippen LogP contribution in [0.4, 0.5) is 10.1 Å². The molecule has 2 aromatic carbocycles. The monoisotopic (exact) mass is 372 g/mol. The summed E-state index contributed by atoms with van der Waals surface area (Å²) in [4.78, 5) is 26.2. The van der Waals surface area contributed by atoms with Crippen LogP contribution in [0.3, 0.4) is 0 Å². The number of anilines is 1. The van der Waals surface area contributed by atoms with Gasteiger partial charge in [0.25, 0.3) is 5.91 Å². The number of hydrogen-bond acceptors (Lipinski definition) is 3. The maximum atomic E-state index is 12.9. The minimum atomic E-state index is -0.379. The summed E-state index contributed by atoms with van der Waals surface area (Å²) in [6.07, 6.45) is 0. The van der Waals surface area contributed by atoms with E-state index in [0.29, 0.717) is 11.4 Å². The van der Waals surface area contributed by atoms with Crippen LogP contribution < -0.4 is 10.1 Å². The number of carbonyl (C=O) groups excluding carboxylic acids is 2. The molecule has 0 aliphatic heterocycles. The van der Waals surface area contributed by atoms with E-state index in [-0.39, 0.29) is 36.8 Å². The van der Waals surface area contributed by atoms with E-state index in [1.165, 1.54) is 29.2 Å². The van der Waals surface area contributed by atoms with Crippen LogP contribution in [0.15, 0.2) is 42.5 Å². The maximum absolute atomic E-state index is 12.9. The summed E-state index contributed by atoms with van der Waals surface area (Å²) in [5.41, 5.74) is 2.55. The van der Waals surface area contributed by atoms with Crippen molar-refractivity contribution in [3.05, 3.63) is 59.4 Å². The molecule has 0 fully saturated rings. The first-order valence-electron chi connectivity index (χ1n) is 8.81. The van der Waals surface area contributed by atoms with Crippen molar-refractivity contribution in [3.8, 4) is 5.75 Å². The predicted octanol–water partition coefficient (Wildman–Crippen LogP) is 3.70.